The smallest absolute Gasteiger partial charge is 0.293 e. The number of Topliss-reactive ketones (excluding diaryl/α,β-unsaturated/α-hetero) is 1. The van der Waals surface area contributed by atoms with E-state index in [9.17, 15) is 62.7 Å². The van der Waals surface area contributed by atoms with Crippen LogP contribution in [0.2, 0.25) is 0 Å². The van der Waals surface area contributed by atoms with Crippen molar-refractivity contribution in [3.05, 3.63) is 48.0 Å². The third kappa shape index (κ3) is 20.1. The van der Waals surface area contributed by atoms with Gasteiger partial charge in [-0.15, -0.1) is 0 Å². The molecule has 0 bridgehead atoms. The van der Waals surface area contributed by atoms with Crippen LogP contribution in [0.4, 0.5) is 5.82 Å². The lowest BCUT2D eigenvalue weighted by molar-refractivity contribution is -0.347. The summed E-state index contributed by atoms with van der Waals surface area (Å²) in [4.78, 5) is 109. The molecule has 2 amide bonds. The summed E-state index contributed by atoms with van der Waals surface area (Å²) >= 11 is 0. The Kier molecular flexibility index (Phi) is 23.0. The van der Waals surface area contributed by atoms with Crippen molar-refractivity contribution in [2.24, 2.45) is 10.8 Å². The molecule has 0 radical (unpaired) electrons. The number of ketones is 1. The highest BCUT2D eigenvalue weighted by Crippen LogP contribution is 2.56. The highest BCUT2D eigenvalue weighted by Gasteiger charge is 2.47. The summed E-state index contributed by atoms with van der Waals surface area (Å²) in [6.07, 6.45) is 1.71. The Bertz CT molecular complexity index is 2510. The fraction of sp³-hybridized carbons (Fsp3) is 0.667. The van der Waals surface area contributed by atoms with Gasteiger partial charge >= 0.3 is 0 Å². The molecule has 2 aromatic heterocycles. The number of carbonyl (C=O) groups excluding carboxylic acids is 4. The van der Waals surface area contributed by atoms with Crippen molar-refractivity contribution >= 4 is 64.5 Å². The first-order chi connectivity index (χ1) is 34.4. The minimum absolute atomic E-state index is 0.0120. The zero-order valence-corrected chi connectivity index (χ0v) is 45.0. The van der Waals surface area contributed by atoms with Crippen molar-refractivity contribution in [1.82, 2.24) is 30.2 Å². The number of nitrogens with two attached hydrogens (primary N) is 1. The molecule has 1 aliphatic rings. The number of nitrogens with one attached hydrogen (secondary N) is 2. The summed E-state index contributed by atoms with van der Waals surface area (Å²) in [5.74, 6) is -1.61. The van der Waals surface area contributed by atoms with E-state index in [0.717, 1.165) is 75.0 Å². The Balaban J connectivity index is 1.12. The molecule has 0 saturated carbocycles. The largest absolute Gasteiger partial charge is 0.790 e. The number of phosphoric acid groups is 3. The number of nitrogen functional groups attached to an aromatic ring is 1. The SMILES string of the molecule is CC(C)(CCCCCc1cccc(CCCCCC(C)(C)C(=O)CCNC(=O)CCNC(=O)C(O)C(C)(C)COP(=O)([O-])OP(=O)([O-])OCC2OC(n3cnc4c(N)ncnc43)C(O)C2OP(=O)([O-])[O-])c1)OC=O. The van der Waals surface area contributed by atoms with Crippen molar-refractivity contribution in [2.45, 2.75) is 155 Å². The Morgan fingerprint density at radius 1 is 0.878 bits per heavy atom. The van der Waals surface area contributed by atoms with Crippen LogP contribution in [-0.2, 0) is 73.1 Å². The minimum atomic E-state index is -5.94. The number of carbonyl (C=O) groups is 4. The summed E-state index contributed by atoms with van der Waals surface area (Å²) in [6.45, 7) is 8.01. The maximum absolute atomic E-state index is 13.1. The number of hydrogen-bond donors (Lipinski definition) is 5. The number of benzene rings is 1. The van der Waals surface area contributed by atoms with E-state index in [0.29, 0.717) is 12.9 Å². The van der Waals surface area contributed by atoms with Gasteiger partial charge in [0.2, 0.25) is 11.8 Å². The summed E-state index contributed by atoms with van der Waals surface area (Å²) in [6, 6.07) is 8.60. The second-order valence-electron chi connectivity index (χ2n) is 20.0. The summed E-state index contributed by atoms with van der Waals surface area (Å²) < 4.78 is 66.1. The van der Waals surface area contributed by atoms with Crippen LogP contribution in [0.1, 0.15) is 123 Å². The minimum Gasteiger partial charge on any atom is -0.790 e. The number of ether oxygens (including phenoxy) is 2. The van der Waals surface area contributed by atoms with E-state index < -0.39 is 95.6 Å². The summed E-state index contributed by atoms with van der Waals surface area (Å²) in [7, 11) is -17.7. The van der Waals surface area contributed by atoms with Crippen molar-refractivity contribution in [3.8, 4) is 0 Å². The Labute approximate surface area is 429 Å². The number of hydrogen-bond acceptors (Lipinski definition) is 23. The summed E-state index contributed by atoms with van der Waals surface area (Å²) in [5.41, 5.74) is 5.59. The Morgan fingerprint density at radius 3 is 2.14 bits per heavy atom. The van der Waals surface area contributed by atoms with Gasteiger partial charge in [0.1, 0.15) is 47.6 Å². The maximum atomic E-state index is 13.1. The number of nitrogens with zero attached hydrogens (tertiary/aromatic N) is 4. The number of amides is 2. The van der Waals surface area contributed by atoms with Gasteiger partial charge in [-0.2, -0.15) is 0 Å². The molecule has 416 valence electrons. The predicted octanol–water partition coefficient (Wildman–Crippen LogP) is 1.72. The van der Waals surface area contributed by atoms with Gasteiger partial charge in [-0.25, -0.2) is 19.3 Å². The highest BCUT2D eigenvalue weighted by atomic mass is 31.3. The number of fused-ring (bicyclic) bond motifs is 1. The molecule has 7 atom stereocenters. The van der Waals surface area contributed by atoms with Crippen LogP contribution < -0.4 is 35.9 Å². The molecule has 1 fully saturated rings. The quantitative estimate of drug-likeness (QED) is 0.0323. The van der Waals surface area contributed by atoms with Crippen LogP contribution in [0.25, 0.3) is 11.2 Å². The second-order valence-corrected chi connectivity index (χ2v) is 24.0. The predicted molar refractivity (Wildman–Crippen MR) is 256 cm³/mol. The van der Waals surface area contributed by atoms with E-state index in [-0.39, 0.29) is 48.7 Å². The van der Waals surface area contributed by atoms with Crippen LogP contribution in [0, 0.1) is 10.8 Å². The van der Waals surface area contributed by atoms with Crippen LogP contribution in [0.5, 0.6) is 0 Å². The van der Waals surface area contributed by atoms with Crippen LogP contribution in [0.3, 0.4) is 0 Å². The van der Waals surface area contributed by atoms with E-state index in [1.807, 2.05) is 27.7 Å². The number of phosphoric ester groups is 3. The number of aliphatic hydroxyl groups is 2. The lowest BCUT2D eigenvalue weighted by atomic mass is 9.81. The lowest BCUT2D eigenvalue weighted by Crippen LogP contribution is -2.46. The van der Waals surface area contributed by atoms with Crippen molar-refractivity contribution in [1.29, 1.82) is 0 Å². The average Bonchev–Trinajstić information content (AvgIpc) is 3.86. The van der Waals surface area contributed by atoms with E-state index in [1.54, 1.807) is 0 Å². The zero-order valence-electron chi connectivity index (χ0n) is 42.3. The normalized spacial score (nSPS) is 19.6. The first-order valence-corrected chi connectivity index (χ1v) is 28.4. The van der Waals surface area contributed by atoms with Gasteiger partial charge in [0.05, 0.1) is 27.4 Å². The third-order valence-corrected chi connectivity index (χ3v) is 15.4. The monoisotopic (exact) mass is 1100 g/mol. The van der Waals surface area contributed by atoms with Crippen LogP contribution >= 0.6 is 23.5 Å². The molecule has 3 aromatic rings. The molecular formula is C45H68N7O19P3-4. The van der Waals surface area contributed by atoms with E-state index >= 15 is 0 Å². The summed E-state index contributed by atoms with van der Waals surface area (Å²) in [5, 5.41) is 26.5. The molecular weight excluding hydrogens is 1040 g/mol. The fourth-order valence-corrected chi connectivity index (χ4v) is 10.7. The topological polar surface area (TPSA) is 401 Å². The number of aromatic nitrogens is 4. The van der Waals surface area contributed by atoms with Crippen molar-refractivity contribution < 1.29 is 90.0 Å². The van der Waals surface area contributed by atoms with Crippen molar-refractivity contribution in [3.63, 3.8) is 0 Å². The first-order valence-electron chi connectivity index (χ1n) is 24.0. The molecule has 7 unspecified atom stereocenters. The standard InChI is InChI=1S/C45H72N7O19P3/c1-43(2,20-11-7-9-14-30-16-13-17-31(24-30)15-10-8-12-21-45(5,6)66-29-53)33(54)18-22-47-34(55)19-23-48-41(58)38(57)44(3,4)26-68-74(64,65)71-73(62,63)67-25-32-37(70-72(59,60)61)36(56)42(69-32)52-28-51-35-39(46)49-27-50-40(35)52/h13,16-17,24,27-29,32,36-38,42,56-57H,7-12,14-15,18-23,25-26H2,1-6H3,(H,47,55)(H,48,58)(H,62,63)(H,64,65)(H2,46,49,50)(H2,59,60,61)/p-4. The van der Waals surface area contributed by atoms with Gasteiger partial charge in [-0.1, -0.05) is 71.2 Å². The van der Waals surface area contributed by atoms with Gasteiger partial charge in [0, 0.05) is 36.8 Å². The third-order valence-electron chi connectivity index (χ3n) is 12.4. The number of rotatable bonds is 34. The molecule has 29 heteroatoms. The second kappa shape index (κ2) is 27.3. The number of imidazole rings is 1. The Morgan fingerprint density at radius 2 is 1.50 bits per heavy atom. The van der Waals surface area contributed by atoms with E-state index in [1.165, 1.54) is 25.0 Å². The molecule has 1 aliphatic heterocycles. The Hall–Kier alpha value is -4.10. The average molecular weight is 1100 g/mol. The number of aliphatic hydroxyl groups excluding tert-OH is 2. The van der Waals surface area contributed by atoms with Crippen LogP contribution in [0.15, 0.2) is 36.9 Å². The molecule has 6 N–H and O–H groups in total. The van der Waals surface area contributed by atoms with Crippen molar-refractivity contribution in [2.75, 3.05) is 32.0 Å². The number of aryl methyl sites for hydroxylation is 2. The maximum Gasteiger partial charge on any atom is 0.293 e. The molecule has 74 heavy (non-hydrogen) atoms. The molecule has 1 saturated heterocycles. The molecule has 0 spiro atoms. The van der Waals surface area contributed by atoms with Gasteiger partial charge in [-0.05, 0) is 69.9 Å². The number of anilines is 1. The van der Waals surface area contributed by atoms with Gasteiger partial charge in [0.25, 0.3) is 22.1 Å². The van der Waals surface area contributed by atoms with Gasteiger partial charge in [0.15, 0.2) is 17.7 Å². The number of unbranched alkanes of at least 4 members (excludes halogenated alkanes) is 4. The molecule has 26 nitrogen and oxygen atoms in total. The zero-order chi connectivity index (χ0) is 55.1. The molecule has 3 heterocycles. The molecule has 4 rings (SSSR count). The van der Waals surface area contributed by atoms with Gasteiger partial charge in [-0.3, -0.25) is 32.9 Å². The lowest BCUT2D eigenvalue weighted by Gasteiger charge is -2.36. The van der Waals surface area contributed by atoms with Gasteiger partial charge < -0.3 is 73.8 Å². The molecule has 0 aliphatic carbocycles. The molecule has 1 aromatic carbocycles. The fourth-order valence-electron chi connectivity index (χ4n) is 7.97. The van der Waals surface area contributed by atoms with Crippen LogP contribution in [-0.4, -0.2) is 110 Å². The van der Waals surface area contributed by atoms with E-state index in [2.05, 4.69) is 67.7 Å². The highest BCUT2D eigenvalue weighted by molar-refractivity contribution is 7.59. The first kappa shape index (κ1) is 62.4. The van der Waals surface area contributed by atoms with E-state index in [4.69, 9.17) is 15.2 Å².